The van der Waals surface area contributed by atoms with Crippen molar-refractivity contribution in [1.29, 1.82) is 0 Å². The molecule has 1 fully saturated rings. The van der Waals surface area contributed by atoms with Crippen LogP contribution in [0.15, 0.2) is 18.2 Å². The van der Waals surface area contributed by atoms with Crippen LogP contribution in [0.1, 0.15) is 23.1 Å². The zero-order chi connectivity index (χ0) is 14.5. The van der Waals surface area contributed by atoms with Crippen molar-refractivity contribution in [2.75, 3.05) is 20.3 Å². The van der Waals surface area contributed by atoms with E-state index in [9.17, 15) is 4.79 Å². The summed E-state index contributed by atoms with van der Waals surface area (Å²) < 4.78 is 10.7. The van der Waals surface area contributed by atoms with E-state index in [0.717, 1.165) is 12.0 Å². The summed E-state index contributed by atoms with van der Waals surface area (Å²) in [6, 6.07) is 6.20. The smallest absolute Gasteiger partial charge is 0.224 e. The van der Waals surface area contributed by atoms with E-state index in [2.05, 4.69) is 31.3 Å². The van der Waals surface area contributed by atoms with Gasteiger partial charge in [-0.05, 0) is 37.0 Å². The fourth-order valence-electron chi connectivity index (χ4n) is 2.47. The van der Waals surface area contributed by atoms with Gasteiger partial charge in [0.2, 0.25) is 5.91 Å². The molecule has 0 bridgehead atoms. The molecule has 110 valence electrons. The average molecular weight is 277 g/mol. The van der Waals surface area contributed by atoms with E-state index in [4.69, 9.17) is 9.47 Å². The van der Waals surface area contributed by atoms with Gasteiger partial charge in [0.25, 0.3) is 0 Å². The van der Waals surface area contributed by atoms with Gasteiger partial charge < -0.3 is 14.8 Å². The van der Waals surface area contributed by atoms with Gasteiger partial charge in [0.05, 0.1) is 19.1 Å². The minimum absolute atomic E-state index is 0.0437. The number of hydrogen-bond acceptors (Lipinski definition) is 3. The number of benzene rings is 1. The van der Waals surface area contributed by atoms with Crippen LogP contribution in [-0.4, -0.2) is 38.4 Å². The summed E-state index contributed by atoms with van der Waals surface area (Å²) in [6.07, 6.45) is 1.17. The van der Waals surface area contributed by atoms with Crippen LogP contribution in [0.2, 0.25) is 0 Å². The molecule has 1 heterocycles. The van der Waals surface area contributed by atoms with E-state index in [-0.39, 0.29) is 18.1 Å². The third kappa shape index (κ3) is 3.81. The SMILES string of the molecule is CO[C@@H]1COCC[C@H]1NC(=O)Cc1ccc(C)c(C)c1. The molecule has 20 heavy (non-hydrogen) atoms. The Morgan fingerprint density at radius 1 is 1.40 bits per heavy atom. The number of rotatable bonds is 4. The van der Waals surface area contributed by atoms with Crippen molar-refractivity contribution in [3.8, 4) is 0 Å². The third-order valence-corrected chi connectivity index (χ3v) is 3.89. The largest absolute Gasteiger partial charge is 0.379 e. The van der Waals surface area contributed by atoms with E-state index >= 15 is 0 Å². The number of hydrogen-bond donors (Lipinski definition) is 1. The second-order valence-electron chi connectivity index (χ2n) is 5.41. The van der Waals surface area contributed by atoms with E-state index in [1.807, 2.05) is 6.07 Å². The number of methoxy groups -OCH3 is 1. The third-order valence-electron chi connectivity index (χ3n) is 3.89. The highest BCUT2D eigenvalue weighted by molar-refractivity contribution is 5.79. The highest BCUT2D eigenvalue weighted by atomic mass is 16.5. The number of ether oxygens (including phenoxy) is 2. The van der Waals surface area contributed by atoms with Gasteiger partial charge in [0.1, 0.15) is 6.10 Å². The maximum atomic E-state index is 12.1. The van der Waals surface area contributed by atoms with Crippen molar-refractivity contribution in [3.63, 3.8) is 0 Å². The Kier molecular flexibility index (Phi) is 5.15. The molecule has 1 aliphatic heterocycles. The van der Waals surface area contributed by atoms with Crippen molar-refractivity contribution < 1.29 is 14.3 Å². The Morgan fingerprint density at radius 3 is 2.90 bits per heavy atom. The normalized spacial score (nSPS) is 22.6. The van der Waals surface area contributed by atoms with Crippen molar-refractivity contribution >= 4 is 5.91 Å². The Hall–Kier alpha value is -1.39. The molecule has 1 aromatic rings. The first-order valence-corrected chi connectivity index (χ1v) is 7.06. The van der Waals surface area contributed by atoms with Gasteiger partial charge in [-0.25, -0.2) is 0 Å². The Bertz CT molecular complexity index is 473. The van der Waals surface area contributed by atoms with E-state index in [1.54, 1.807) is 7.11 Å². The molecule has 2 atom stereocenters. The molecule has 2 rings (SSSR count). The molecule has 0 aromatic heterocycles. The molecule has 1 amide bonds. The summed E-state index contributed by atoms with van der Waals surface area (Å²) in [6.45, 7) is 5.36. The highest BCUT2D eigenvalue weighted by Gasteiger charge is 2.26. The second-order valence-corrected chi connectivity index (χ2v) is 5.41. The number of carbonyl (C=O) groups excluding carboxylic acids is 1. The topological polar surface area (TPSA) is 47.6 Å². The maximum Gasteiger partial charge on any atom is 0.224 e. The lowest BCUT2D eigenvalue weighted by atomic mass is 10.0. The van der Waals surface area contributed by atoms with Crippen molar-refractivity contribution in [2.24, 2.45) is 0 Å². The van der Waals surface area contributed by atoms with Crippen LogP contribution in [0.3, 0.4) is 0 Å². The zero-order valence-electron chi connectivity index (χ0n) is 12.4. The Labute approximate surface area is 120 Å². The van der Waals surface area contributed by atoms with Crippen molar-refractivity contribution in [3.05, 3.63) is 34.9 Å². The number of amides is 1. The standard InChI is InChI=1S/C16H23NO3/c1-11-4-5-13(8-12(11)2)9-16(18)17-14-6-7-20-10-15(14)19-3/h4-5,8,14-15H,6-7,9-10H2,1-3H3,(H,17,18)/t14-,15-/m1/s1. The van der Waals surface area contributed by atoms with Crippen LogP contribution >= 0.6 is 0 Å². The Balaban J connectivity index is 1.92. The van der Waals surface area contributed by atoms with Gasteiger partial charge in [-0.15, -0.1) is 0 Å². The van der Waals surface area contributed by atoms with Crippen LogP contribution in [0.4, 0.5) is 0 Å². The van der Waals surface area contributed by atoms with Crippen LogP contribution < -0.4 is 5.32 Å². The molecular formula is C16H23NO3. The van der Waals surface area contributed by atoms with E-state index < -0.39 is 0 Å². The fourth-order valence-corrected chi connectivity index (χ4v) is 2.47. The van der Waals surface area contributed by atoms with Gasteiger partial charge in [0, 0.05) is 13.7 Å². The first kappa shape index (κ1) is 15.0. The molecular weight excluding hydrogens is 254 g/mol. The summed E-state index contributed by atoms with van der Waals surface area (Å²) in [4.78, 5) is 12.1. The van der Waals surface area contributed by atoms with Crippen molar-refractivity contribution in [2.45, 2.75) is 38.8 Å². The fraction of sp³-hybridized carbons (Fsp3) is 0.562. The van der Waals surface area contributed by atoms with Crippen LogP contribution in [0.25, 0.3) is 0 Å². The average Bonchev–Trinajstić information content (AvgIpc) is 2.43. The summed E-state index contributed by atoms with van der Waals surface area (Å²) in [5.74, 6) is 0.0437. The molecule has 4 heteroatoms. The summed E-state index contributed by atoms with van der Waals surface area (Å²) in [7, 11) is 1.65. The highest BCUT2D eigenvalue weighted by Crippen LogP contribution is 2.13. The van der Waals surface area contributed by atoms with Crippen molar-refractivity contribution in [1.82, 2.24) is 5.32 Å². The molecule has 0 unspecified atom stereocenters. The lowest BCUT2D eigenvalue weighted by Gasteiger charge is -2.31. The van der Waals surface area contributed by atoms with E-state index in [1.165, 1.54) is 11.1 Å². The van der Waals surface area contributed by atoms with Gasteiger partial charge >= 0.3 is 0 Å². The first-order valence-electron chi connectivity index (χ1n) is 7.06. The van der Waals surface area contributed by atoms with Gasteiger partial charge in [-0.1, -0.05) is 18.2 Å². The lowest BCUT2D eigenvalue weighted by molar-refractivity contribution is -0.124. The second kappa shape index (κ2) is 6.86. The molecule has 0 saturated carbocycles. The number of nitrogens with one attached hydrogen (secondary N) is 1. The zero-order valence-corrected chi connectivity index (χ0v) is 12.4. The van der Waals surface area contributed by atoms with Gasteiger partial charge in [-0.3, -0.25) is 4.79 Å². The van der Waals surface area contributed by atoms with Crippen LogP contribution in [0, 0.1) is 13.8 Å². The molecule has 4 nitrogen and oxygen atoms in total. The first-order chi connectivity index (χ1) is 9.60. The lowest BCUT2D eigenvalue weighted by Crippen LogP contribution is -2.50. The Morgan fingerprint density at radius 2 is 2.20 bits per heavy atom. The summed E-state index contributed by atoms with van der Waals surface area (Å²) >= 11 is 0. The summed E-state index contributed by atoms with van der Waals surface area (Å²) in [5.41, 5.74) is 3.51. The quantitative estimate of drug-likeness (QED) is 0.912. The molecule has 0 spiro atoms. The number of aryl methyl sites for hydroxylation is 2. The molecule has 1 N–H and O–H groups in total. The predicted molar refractivity (Wildman–Crippen MR) is 77.8 cm³/mol. The van der Waals surface area contributed by atoms with E-state index in [0.29, 0.717) is 19.6 Å². The minimum Gasteiger partial charge on any atom is -0.379 e. The monoisotopic (exact) mass is 277 g/mol. The maximum absolute atomic E-state index is 12.1. The summed E-state index contributed by atoms with van der Waals surface area (Å²) in [5, 5.41) is 3.06. The van der Waals surface area contributed by atoms with Gasteiger partial charge in [-0.2, -0.15) is 0 Å². The minimum atomic E-state index is -0.0487. The molecule has 1 aliphatic rings. The molecule has 1 aromatic carbocycles. The van der Waals surface area contributed by atoms with Crippen LogP contribution in [-0.2, 0) is 20.7 Å². The molecule has 0 aliphatic carbocycles. The predicted octanol–water partition coefficient (Wildman–Crippen LogP) is 1.77. The molecule has 1 saturated heterocycles. The van der Waals surface area contributed by atoms with Crippen LogP contribution in [0.5, 0.6) is 0 Å². The van der Waals surface area contributed by atoms with Gasteiger partial charge in [0.15, 0.2) is 0 Å². The molecule has 0 radical (unpaired) electrons. The number of carbonyl (C=O) groups is 1.